The van der Waals surface area contributed by atoms with E-state index < -0.39 is 0 Å². The summed E-state index contributed by atoms with van der Waals surface area (Å²) < 4.78 is 0. The molecule has 3 atom stereocenters. The first-order valence-corrected chi connectivity index (χ1v) is 10.8. The molecule has 3 rings (SSSR count). The van der Waals surface area contributed by atoms with Gasteiger partial charge in [0, 0.05) is 36.7 Å². The number of fused-ring (bicyclic) bond motifs is 1. The molecule has 2 aliphatic rings. The smallest absolute Gasteiger partial charge is 0.315 e. The van der Waals surface area contributed by atoms with Crippen molar-refractivity contribution in [3.8, 4) is 0 Å². The second-order valence-electron chi connectivity index (χ2n) is 6.63. The molecule has 3 amide bonds. The Kier molecular flexibility index (Phi) is 7.32. The van der Waals surface area contributed by atoms with E-state index in [2.05, 4.69) is 26.3 Å². The number of urea groups is 1. The van der Waals surface area contributed by atoms with Crippen LogP contribution in [0.25, 0.3) is 0 Å². The summed E-state index contributed by atoms with van der Waals surface area (Å²) in [5.41, 5.74) is 0. The van der Waals surface area contributed by atoms with Crippen molar-refractivity contribution in [1.29, 1.82) is 0 Å². The Morgan fingerprint density at radius 2 is 2.15 bits per heavy atom. The van der Waals surface area contributed by atoms with Gasteiger partial charge in [-0.05, 0) is 18.9 Å². The van der Waals surface area contributed by atoms with Crippen LogP contribution in [-0.2, 0) is 4.79 Å². The number of nitrogens with one attached hydrogen (secondary N) is 4. The third-order valence-electron chi connectivity index (χ3n) is 4.63. The summed E-state index contributed by atoms with van der Waals surface area (Å²) in [6.07, 6.45) is 4.87. The van der Waals surface area contributed by atoms with Crippen LogP contribution in [0.4, 0.5) is 10.6 Å². The lowest BCUT2D eigenvalue weighted by Crippen LogP contribution is -2.36. The van der Waals surface area contributed by atoms with E-state index in [1.54, 1.807) is 6.07 Å². The van der Waals surface area contributed by atoms with E-state index in [1.165, 1.54) is 6.20 Å². The van der Waals surface area contributed by atoms with Gasteiger partial charge < -0.3 is 21.3 Å². The van der Waals surface area contributed by atoms with Gasteiger partial charge in [0.2, 0.25) is 5.91 Å². The van der Waals surface area contributed by atoms with Crippen LogP contribution in [0.15, 0.2) is 12.3 Å². The van der Waals surface area contributed by atoms with Crippen molar-refractivity contribution in [3.63, 3.8) is 0 Å². The minimum absolute atomic E-state index is 0.0414. The molecule has 7 nitrogen and oxygen atoms in total. The molecule has 0 saturated carbocycles. The third-order valence-corrected chi connectivity index (χ3v) is 6.63. The van der Waals surface area contributed by atoms with Gasteiger partial charge in [-0.2, -0.15) is 11.8 Å². The summed E-state index contributed by atoms with van der Waals surface area (Å²) in [7, 11) is 0. The summed E-state index contributed by atoms with van der Waals surface area (Å²) in [5.74, 6) is 1.56. The maximum absolute atomic E-state index is 11.9. The highest BCUT2D eigenvalue weighted by Crippen LogP contribution is 2.33. The summed E-state index contributed by atoms with van der Waals surface area (Å²) in [5, 5.41) is 13.3. The number of amides is 3. The van der Waals surface area contributed by atoms with Crippen molar-refractivity contribution >= 4 is 52.7 Å². The first-order valence-electron chi connectivity index (χ1n) is 9.03. The van der Waals surface area contributed by atoms with Gasteiger partial charge in [-0.1, -0.05) is 29.6 Å². The topological polar surface area (TPSA) is 95.2 Å². The maximum atomic E-state index is 11.9. The normalized spacial score (nSPS) is 23.5. The second kappa shape index (κ2) is 9.71. The number of anilines is 1. The Labute approximate surface area is 172 Å². The van der Waals surface area contributed by atoms with Crippen LogP contribution in [-0.4, -0.2) is 53.1 Å². The van der Waals surface area contributed by atoms with Crippen LogP contribution >= 0.6 is 35.0 Å². The van der Waals surface area contributed by atoms with Crippen molar-refractivity contribution in [1.82, 2.24) is 20.9 Å². The molecule has 2 fully saturated rings. The standard InChI is InChI=1S/C17H23Cl2N5O2S/c18-10-7-11(19)16(22-8-10)21-6-5-20-14(25)4-2-1-3-13-15-12(9-27-13)23-17(26)24-15/h7-8,12-13,15H,1-6,9H2,(H,20,25)(H,21,22)(H2,23,24,26)/t12-,13-,15-/m0/s1. The van der Waals surface area contributed by atoms with Crippen LogP contribution in [0, 0.1) is 0 Å². The Morgan fingerprint density at radius 3 is 2.96 bits per heavy atom. The average Bonchev–Trinajstić information content (AvgIpc) is 3.16. The molecule has 0 aliphatic carbocycles. The van der Waals surface area contributed by atoms with Crippen LogP contribution in [0.5, 0.6) is 0 Å². The van der Waals surface area contributed by atoms with E-state index in [1.807, 2.05) is 11.8 Å². The van der Waals surface area contributed by atoms with E-state index >= 15 is 0 Å². The fourth-order valence-electron chi connectivity index (χ4n) is 3.29. The molecular weight excluding hydrogens is 409 g/mol. The van der Waals surface area contributed by atoms with Gasteiger partial charge in [0.25, 0.3) is 0 Å². The lowest BCUT2D eigenvalue weighted by Gasteiger charge is -2.16. The van der Waals surface area contributed by atoms with Gasteiger partial charge in [-0.25, -0.2) is 9.78 Å². The van der Waals surface area contributed by atoms with Crippen LogP contribution < -0.4 is 21.3 Å². The van der Waals surface area contributed by atoms with Crippen molar-refractivity contribution in [3.05, 3.63) is 22.3 Å². The average molecular weight is 432 g/mol. The lowest BCUT2D eigenvalue weighted by atomic mass is 10.0. The van der Waals surface area contributed by atoms with Crippen molar-refractivity contribution in [2.75, 3.05) is 24.2 Å². The number of nitrogens with zero attached hydrogens (tertiary/aromatic N) is 1. The zero-order valence-electron chi connectivity index (χ0n) is 14.8. The van der Waals surface area contributed by atoms with E-state index in [0.717, 1.165) is 25.0 Å². The third kappa shape index (κ3) is 5.80. The Hall–Kier alpha value is -1.38. The number of rotatable bonds is 9. The van der Waals surface area contributed by atoms with Crippen molar-refractivity contribution in [2.45, 2.75) is 43.0 Å². The van der Waals surface area contributed by atoms with Crippen LogP contribution in [0.3, 0.4) is 0 Å². The van der Waals surface area contributed by atoms with Crippen molar-refractivity contribution < 1.29 is 9.59 Å². The molecule has 0 bridgehead atoms. The molecule has 10 heteroatoms. The molecule has 4 N–H and O–H groups in total. The quantitative estimate of drug-likeness (QED) is 0.356. The molecule has 148 valence electrons. The molecule has 2 saturated heterocycles. The highest BCUT2D eigenvalue weighted by molar-refractivity contribution is 8.00. The van der Waals surface area contributed by atoms with Crippen molar-refractivity contribution in [2.24, 2.45) is 0 Å². The SMILES string of the molecule is O=C(CCCC[C@@H]1SC[C@@H]2NC(=O)N[C@@H]21)NCCNc1ncc(Cl)cc1Cl. The van der Waals surface area contributed by atoms with Gasteiger partial charge in [0.05, 0.1) is 22.1 Å². The number of carbonyl (C=O) groups excluding carboxylic acids is 2. The highest BCUT2D eigenvalue weighted by atomic mass is 35.5. The minimum Gasteiger partial charge on any atom is -0.367 e. The van der Waals surface area contributed by atoms with Gasteiger partial charge in [0.15, 0.2) is 0 Å². The number of thioether (sulfide) groups is 1. The highest BCUT2D eigenvalue weighted by Gasteiger charge is 2.42. The molecule has 0 spiro atoms. The fourth-order valence-corrected chi connectivity index (χ4v) is 5.28. The molecule has 3 heterocycles. The lowest BCUT2D eigenvalue weighted by molar-refractivity contribution is -0.121. The minimum atomic E-state index is -0.0571. The number of unbranched alkanes of at least 4 members (excludes halogenated alkanes) is 1. The summed E-state index contributed by atoms with van der Waals surface area (Å²) in [6.45, 7) is 1.04. The molecule has 27 heavy (non-hydrogen) atoms. The van der Waals surface area contributed by atoms with Gasteiger partial charge >= 0.3 is 6.03 Å². The first kappa shape index (κ1) is 20.4. The van der Waals surface area contributed by atoms with Gasteiger partial charge in [0.1, 0.15) is 5.82 Å². The number of hydrogen-bond donors (Lipinski definition) is 4. The van der Waals surface area contributed by atoms with Crippen LogP contribution in [0.2, 0.25) is 10.0 Å². The fraction of sp³-hybridized carbons (Fsp3) is 0.588. The predicted molar refractivity (Wildman–Crippen MR) is 110 cm³/mol. The van der Waals surface area contributed by atoms with E-state index in [-0.39, 0.29) is 24.0 Å². The van der Waals surface area contributed by atoms with E-state index in [4.69, 9.17) is 23.2 Å². The molecule has 0 unspecified atom stereocenters. The number of aromatic nitrogens is 1. The monoisotopic (exact) mass is 431 g/mol. The molecule has 1 aromatic rings. The number of pyridine rings is 1. The van der Waals surface area contributed by atoms with Gasteiger partial charge in [-0.15, -0.1) is 0 Å². The largest absolute Gasteiger partial charge is 0.367 e. The zero-order chi connectivity index (χ0) is 19.2. The molecule has 2 aliphatic heterocycles. The van der Waals surface area contributed by atoms with E-state index in [0.29, 0.717) is 40.6 Å². The Balaban J connectivity index is 1.24. The molecular formula is C17H23Cl2N5O2S. The summed E-state index contributed by atoms with van der Waals surface area (Å²) in [4.78, 5) is 27.4. The zero-order valence-corrected chi connectivity index (χ0v) is 17.1. The predicted octanol–water partition coefficient (Wildman–Crippen LogP) is 2.64. The number of carbonyl (C=O) groups is 2. The Morgan fingerprint density at radius 1 is 1.30 bits per heavy atom. The Bertz CT molecular complexity index is 693. The van der Waals surface area contributed by atoms with Gasteiger partial charge in [-0.3, -0.25) is 4.79 Å². The second-order valence-corrected chi connectivity index (χ2v) is 8.74. The first-order chi connectivity index (χ1) is 13.0. The molecule has 0 aromatic carbocycles. The molecule has 0 radical (unpaired) electrons. The summed E-state index contributed by atoms with van der Waals surface area (Å²) >= 11 is 13.7. The van der Waals surface area contributed by atoms with E-state index in [9.17, 15) is 9.59 Å². The van der Waals surface area contributed by atoms with Crippen LogP contribution in [0.1, 0.15) is 25.7 Å². The number of hydrogen-bond acceptors (Lipinski definition) is 5. The maximum Gasteiger partial charge on any atom is 0.315 e. The molecule has 1 aromatic heterocycles. The summed E-state index contributed by atoms with van der Waals surface area (Å²) in [6, 6.07) is 2.05. The number of halogens is 2.